The lowest BCUT2D eigenvalue weighted by Crippen LogP contribution is -2.42. The zero-order chi connectivity index (χ0) is 18.9. The van der Waals surface area contributed by atoms with Crippen LogP contribution < -0.4 is 10.6 Å². The molecule has 0 saturated carbocycles. The zero-order valence-electron chi connectivity index (χ0n) is 15.8. The minimum atomic E-state index is -0.301. The van der Waals surface area contributed by atoms with Gasteiger partial charge in [-0.25, -0.2) is 4.39 Å². The summed E-state index contributed by atoms with van der Waals surface area (Å²) >= 11 is 0. The van der Waals surface area contributed by atoms with Crippen molar-refractivity contribution in [2.45, 2.75) is 39.7 Å². The molecule has 144 valence electrons. The highest BCUT2D eigenvalue weighted by Gasteiger charge is 2.24. The number of benzene rings is 1. The number of carbonyl (C=O) groups excluding carboxylic acids is 2. The second kappa shape index (κ2) is 10.3. The maximum Gasteiger partial charge on any atom is 0.239 e. The summed E-state index contributed by atoms with van der Waals surface area (Å²) in [6.07, 6.45) is 2.80. The van der Waals surface area contributed by atoms with Gasteiger partial charge in [-0.3, -0.25) is 9.59 Å². The molecule has 0 bridgehead atoms. The Morgan fingerprint density at radius 2 is 2.08 bits per heavy atom. The SMILES string of the molecule is CCN(CC(=O)NCc1ccc(F)cc1)C(=O)CC(C)C1CCCNC1. The standard InChI is InChI=1S/C20H30FN3O2/c1-3-24(20(26)11-15(2)17-5-4-10-22-13-17)14-19(25)23-12-16-6-8-18(21)9-7-16/h6-9,15,17,22H,3-5,10-14H2,1-2H3,(H,23,25). The highest BCUT2D eigenvalue weighted by Crippen LogP contribution is 2.23. The van der Waals surface area contributed by atoms with Crippen LogP contribution in [-0.2, 0) is 16.1 Å². The molecule has 26 heavy (non-hydrogen) atoms. The van der Waals surface area contributed by atoms with Crippen molar-refractivity contribution >= 4 is 11.8 Å². The lowest BCUT2D eigenvalue weighted by molar-refractivity contribution is -0.137. The first kappa shape index (κ1) is 20.4. The number of rotatable bonds is 8. The van der Waals surface area contributed by atoms with Crippen LogP contribution in [0, 0.1) is 17.7 Å². The first-order chi connectivity index (χ1) is 12.5. The number of halogens is 1. The molecule has 0 radical (unpaired) electrons. The molecule has 0 aromatic heterocycles. The molecule has 1 aromatic carbocycles. The third-order valence-corrected chi connectivity index (χ3v) is 5.11. The number of nitrogens with zero attached hydrogens (tertiary/aromatic N) is 1. The van der Waals surface area contributed by atoms with E-state index in [9.17, 15) is 14.0 Å². The molecule has 2 unspecified atom stereocenters. The molecular formula is C20H30FN3O2. The summed E-state index contributed by atoms with van der Waals surface area (Å²) in [7, 11) is 0. The number of hydrogen-bond donors (Lipinski definition) is 2. The Morgan fingerprint density at radius 3 is 2.69 bits per heavy atom. The van der Waals surface area contributed by atoms with E-state index in [0.29, 0.717) is 31.3 Å². The van der Waals surface area contributed by atoms with Crippen molar-refractivity contribution in [3.63, 3.8) is 0 Å². The van der Waals surface area contributed by atoms with Crippen LogP contribution in [-0.4, -0.2) is 42.9 Å². The Labute approximate surface area is 155 Å². The van der Waals surface area contributed by atoms with Crippen LogP contribution in [0.5, 0.6) is 0 Å². The van der Waals surface area contributed by atoms with Crippen molar-refractivity contribution in [2.24, 2.45) is 11.8 Å². The van der Waals surface area contributed by atoms with Gasteiger partial charge in [-0.1, -0.05) is 19.1 Å². The van der Waals surface area contributed by atoms with Gasteiger partial charge >= 0.3 is 0 Å². The zero-order valence-corrected chi connectivity index (χ0v) is 15.8. The molecule has 5 nitrogen and oxygen atoms in total. The van der Waals surface area contributed by atoms with E-state index in [-0.39, 0.29) is 24.2 Å². The van der Waals surface area contributed by atoms with E-state index in [1.165, 1.54) is 12.1 Å². The topological polar surface area (TPSA) is 61.4 Å². The van der Waals surface area contributed by atoms with E-state index < -0.39 is 0 Å². The van der Waals surface area contributed by atoms with Gasteiger partial charge < -0.3 is 15.5 Å². The first-order valence-electron chi connectivity index (χ1n) is 9.49. The molecule has 0 aliphatic carbocycles. The molecule has 1 fully saturated rings. The Balaban J connectivity index is 1.77. The Morgan fingerprint density at radius 1 is 1.35 bits per heavy atom. The summed E-state index contributed by atoms with van der Waals surface area (Å²) < 4.78 is 12.9. The fraction of sp³-hybridized carbons (Fsp3) is 0.600. The van der Waals surface area contributed by atoms with Gasteiger partial charge in [-0.05, 0) is 62.4 Å². The van der Waals surface area contributed by atoms with Crippen molar-refractivity contribution in [2.75, 3.05) is 26.2 Å². The van der Waals surface area contributed by atoms with Gasteiger partial charge in [0.1, 0.15) is 5.82 Å². The third-order valence-electron chi connectivity index (χ3n) is 5.11. The maximum absolute atomic E-state index is 12.9. The van der Waals surface area contributed by atoms with Gasteiger partial charge in [0.05, 0.1) is 6.54 Å². The number of nitrogens with one attached hydrogen (secondary N) is 2. The van der Waals surface area contributed by atoms with Gasteiger partial charge in [0, 0.05) is 19.5 Å². The first-order valence-corrected chi connectivity index (χ1v) is 9.49. The number of likely N-dealkylation sites (N-methyl/N-ethyl adjacent to an activating group) is 1. The van der Waals surface area contributed by atoms with Crippen molar-refractivity contribution in [1.82, 2.24) is 15.5 Å². The average molecular weight is 363 g/mol. The summed E-state index contributed by atoms with van der Waals surface area (Å²) in [5.74, 6) is 0.370. The summed E-state index contributed by atoms with van der Waals surface area (Å²) in [6.45, 7) is 6.95. The fourth-order valence-electron chi connectivity index (χ4n) is 3.34. The third kappa shape index (κ3) is 6.41. The highest BCUT2D eigenvalue weighted by molar-refractivity contribution is 5.84. The van der Waals surface area contributed by atoms with Crippen molar-refractivity contribution in [3.05, 3.63) is 35.6 Å². The van der Waals surface area contributed by atoms with Crippen LogP contribution >= 0.6 is 0 Å². The molecule has 2 amide bonds. The molecule has 0 spiro atoms. The van der Waals surface area contributed by atoms with Gasteiger partial charge in [-0.2, -0.15) is 0 Å². The lowest BCUT2D eigenvalue weighted by atomic mass is 9.85. The van der Waals surface area contributed by atoms with Crippen LogP contribution in [0.4, 0.5) is 4.39 Å². The number of piperidine rings is 1. The van der Waals surface area contributed by atoms with Crippen LogP contribution in [0.25, 0.3) is 0 Å². The predicted octanol–water partition coefficient (Wildman–Crippen LogP) is 2.32. The van der Waals surface area contributed by atoms with Gasteiger partial charge in [0.15, 0.2) is 0 Å². The Kier molecular flexibility index (Phi) is 8.04. The quantitative estimate of drug-likeness (QED) is 0.745. The summed E-state index contributed by atoms with van der Waals surface area (Å²) in [5, 5.41) is 6.18. The highest BCUT2D eigenvalue weighted by atomic mass is 19.1. The largest absolute Gasteiger partial charge is 0.350 e. The summed E-state index contributed by atoms with van der Waals surface area (Å²) in [6, 6.07) is 6.01. The molecule has 6 heteroatoms. The lowest BCUT2D eigenvalue weighted by Gasteiger charge is -2.29. The number of hydrogen-bond acceptors (Lipinski definition) is 3. The molecule has 1 saturated heterocycles. The molecule has 1 aliphatic rings. The molecular weight excluding hydrogens is 333 g/mol. The van der Waals surface area contributed by atoms with E-state index >= 15 is 0 Å². The molecule has 2 rings (SSSR count). The van der Waals surface area contributed by atoms with Crippen molar-refractivity contribution in [1.29, 1.82) is 0 Å². The maximum atomic E-state index is 12.9. The van der Waals surface area contributed by atoms with Gasteiger partial charge in [0.25, 0.3) is 0 Å². The molecule has 1 aliphatic heterocycles. The number of amides is 2. The van der Waals surface area contributed by atoms with Gasteiger partial charge in [-0.15, -0.1) is 0 Å². The molecule has 2 atom stereocenters. The summed E-state index contributed by atoms with van der Waals surface area (Å²) in [4.78, 5) is 26.3. The smallest absolute Gasteiger partial charge is 0.239 e. The Hall–Kier alpha value is -1.95. The van der Waals surface area contributed by atoms with E-state index in [1.54, 1.807) is 17.0 Å². The van der Waals surface area contributed by atoms with E-state index in [1.807, 2.05) is 6.92 Å². The second-order valence-corrected chi connectivity index (χ2v) is 7.10. The average Bonchev–Trinajstić information content (AvgIpc) is 2.66. The van der Waals surface area contributed by atoms with Crippen molar-refractivity contribution in [3.8, 4) is 0 Å². The van der Waals surface area contributed by atoms with Crippen LogP contribution in [0.1, 0.15) is 38.7 Å². The minimum absolute atomic E-state index is 0.0301. The number of carbonyl (C=O) groups is 2. The van der Waals surface area contributed by atoms with E-state index in [0.717, 1.165) is 31.5 Å². The van der Waals surface area contributed by atoms with Gasteiger partial charge in [0.2, 0.25) is 11.8 Å². The summed E-state index contributed by atoms with van der Waals surface area (Å²) in [5.41, 5.74) is 0.826. The molecule has 1 aromatic rings. The fourth-order valence-corrected chi connectivity index (χ4v) is 3.34. The van der Waals surface area contributed by atoms with Crippen LogP contribution in [0.15, 0.2) is 24.3 Å². The normalized spacial score (nSPS) is 18.2. The van der Waals surface area contributed by atoms with Crippen molar-refractivity contribution < 1.29 is 14.0 Å². The predicted molar refractivity (Wildman–Crippen MR) is 99.9 cm³/mol. The van der Waals surface area contributed by atoms with E-state index in [2.05, 4.69) is 17.6 Å². The molecule has 2 N–H and O–H groups in total. The monoisotopic (exact) mass is 363 g/mol. The van der Waals surface area contributed by atoms with Crippen LogP contribution in [0.2, 0.25) is 0 Å². The Bertz CT molecular complexity index is 585. The minimum Gasteiger partial charge on any atom is -0.350 e. The van der Waals surface area contributed by atoms with E-state index in [4.69, 9.17) is 0 Å². The second-order valence-electron chi connectivity index (χ2n) is 7.10. The van der Waals surface area contributed by atoms with Crippen LogP contribution in [0.3, 0.4) is 0 Å². The molecule has 1 heterocycles.